The SMILES string of the molecule is COc1ccc(C(C)=O)cc1CSc1nc2ccccc2c(=O)n1-c1ccccc1C(F)(F)F. The fourth-order valence-electron chi connectivity index (χ4n) is 3.58. The van der Waals surface area contributed by atoms with E-state index in [9.17, 15) is 22.8 Å². The molecule has 0 saturated heterocycles. The minimum Gasteiger partial charge on any atom is -0.496 e. The standard InChI is InChI=1S/C25H19F3N2O3S/c1-15(31)16-11-12-22(33-2)17(13-16)14-34-24-29-20-9-5-3-7-18(20)23(32)30(24)21-10-6-4-8-19(21)25(26,27)28/h3-13H,14H2,1-2H3. The Morgan fingerprint density at radius 1 is 1.06 bits per heavy atom. The van der Waals surface area contributed by atoms with E-state index in [1.807, 2.05) is 0 Å². The number of carbonyl (C=O) groups excluding carboxylic acids is 1. The van der Waals surface area contributed by atoms with Crippen molar-refractivity contribution in [1.29, 1.82) is 0 Å². The molecule has 0 N–H and O–H groups in total. The Hall–Kier alpha value is -3.59. The Bertz CT molecular complexity index is 1450. The van der Waals surface area contributed by atoms with Gasteiger partial charge in [0, 0.05) is 16.9 Å². The van der Waals surface area contributed by atoms with Crippen LogP contribution in [0.4, 0.5) is 13.2 Å². The van der Waals surface area contributed by atoms with E-state index in [1.165, 1.54) is 38.3 Å². The number of methoxy groups -OCH3 is 1. The highest BCUT2D eigenvalue weighted by molar-refractivity contribution is 7.98. The molecule has 0 aliphatic carbocycles. The summed E-state index contributed by atoms with van der Waals surface area (Å²) >= 11 is 1.09. The van der Waals surface area contributed by atoms with Gasteiger partial charge in [0.05, 0.1) is 29.3 Å². The number of alkyl halides is 3. The molecule has 0 aliphatic rings. The summed E-state index contributed by atoms with van der Waals surface area (Å²) in [7, 11) is 1.49. The third-order valence-electron chi connectivity index (χ3n) is 5.24. The largest absolute Gasteiger partial charge is 0.496 e. The number of ether oxygens (including phenoxy) is 1. The summed E-state index contributed by atoms with van der Waals surface area (Å²) in [5, 5.41) is 0.302. The number of para-hydroxylation sites is 2. The van der Waals surface area contributed by atoms with E-state index in [4.69, 9.17) is 4.74 Å². The average molecular weight is 484 g/mol. The predicted octanol–water partition coefficient (Wildman–Crippen LogP) is 5.91. The van der Waals surface area contributed by atoms with Crippen LogP contribution in [0.25, 0.3) is 16.6 Å². The van der Waals surface area contributed by atoms with Crippen LogP contribution in [0.3, 0.4) is 0 Å². The molecular formula is C25H19F3N2O3S. The lowest BCUT2D eigenvalue weighted by molar-refractivity contribution is -0.137. The molecule has 0 atom stereocenters. The molecule has 0 saturated carbocycles. The van der Waals surface area contributed by atoms with E-state index >= 15 is 0 Å². The van der Waals surface area contributed by atoms with Gasteiger partial charge in [-0.3, -0.25) is 14.2 Å². The van der Waals surface area contributed by atoms with Crippen LogP contribution in [0.2, 0.25) is 0 Å². The van der Waals surface area contributed by atoms with Gasteiger partial charge in [-0.2, -0.15) is 13.2 Å². The zero-order valence-electron chi connectivity index (χ0n) is 18.2. The second kappa shape index (κ2) is 9.34. The van der Waals surface area contributed by atoms with Crippen molar-refractivity contribution in [2.24, 2.45) is 0 Å². The van der Waals surface area contributed by atoms with Crippen molar-refractivity contribution < 1.29 is 22.7 Å². The van der Waals surface area contributed by atoms with Gasteiger partial charge in [0.25, 0.3) is 5.56 Å². The van der Waals surface area contributed by atoms with Crippen molar-refractivity contribution in [3.05, 3.63) is 93.8 Å². The molecule has 0 amide bonds. The van der Waals surface area contributed by atoms with E-state index in [2.05, 4.69) is 4.98 Å². The van der Waals surface area contributed by atoms with E-state index in [-0.39, 0.29) is 27.8 Å². The highest BCUT2D eigenvalue weighted by Gasteiger charge is 2.34. The number of carbonyl (C=O) groups is 1. The van der Waals surface area contributed by atoms with Crippen LogP contribution in [-0.2, 0) is 11.9 Å². The Kier molecular flexibility index (Phi) is 6.47. The van der Waals surface area contributed by atoms with Gasteiger partial charge in [0.2, 0.25) is 0 Å². The summed E-state index contributed by atoms with van der Waals surface area (Å²) in [5.74, 6) is 0.597. The highest BCUT2D eigenvalue weighted by Crippen LogP contribution is 2.36. The number of benzene rings is 3. The van der Waals surface area contributed by atoms with Crippen molar-refractivity contribution in [2.45, 2.75) is 24.0 Å². The van der Waals surface area contributed by atoms with Gasteiger partial charge in [-0.15, -0.1) is 0 Å². The molecule has 4 aromatic rings. The van der Waals surface area contributed by atoms with Crippen LogP contribution in [-0.4, -0.2) is 22.4 Å². The highest BCUT2D eigenvalue weighted by atomic mass is 32.2. The zero-order chi connectivity index (χ0) is 24.5. The lowest BCUT2D eigenvalue weighted by Gasteiger charge is -2.18. The summed E-state index contributed by atoms with van der Waals surface area (Å²) < 4.78 is 47.7. The van der Waals surface area contributed by atoms with E-state index < -0.39 is 17.3 Å². The number of fused-ring (bicyclic) bond motifs is 1. The van der Waals surface area contributed by atoms with Crippen molar-refractivity contribution >= 4 is 28.4 Å². The number of ketones is 1. The second-order valence-electron chi connectivity index (χ2n) is 7.44. The fourth-order valence-corrected chi connectivity index (χ4v) is 4.57. The summed E-state index contributed by atoms with van der Waals surface area (Å²) in [6.45, 7) is 1.44. The van der Waals surface area contributed by atoms with E-state index in [0.29, 0.717) is 22.4 Å². The van der Waals surface area contributed by atoms with Crippen LogP contribution in [0, 0.1) is 0 Å². The molecule has 0 fully saturated rings. The summed E-state index contributed by atoms with van der Waals surface area (Å²) in [6, 6.07) is 16.4. The number of halogens is 3. The average Bonchev–Trinajstić information content (AvgIpc) is 2.82. The number of hydrogen-bond donors (Lipinski definition) is 0. The minimum absolute atomic E-state index is 0.0932. The molecule has 4 rings (SSSR count). The third kappa shape index (κ3) is 4.56. The first kappa shape index (κ1) is 23.6. The van der Waals surface area contributed by atoms with Gasteiger partial charge in [-0.1, -0.05) is 36.0 Å². The quantitative estimate of drug-likeness (QED) is 0.194. The summed E-state index contributed by atoms with van der Waals surface area (Å²) in [6.07, 6.45) is -4.66. The molecule has 9 heteroatoms. The topological polar surface area (TPSA) is 61.2 Å². The number of rotatable bonds is 6. The third-order valence-corrected chi connectivity index (χ3v) is 6.23. The summed E-state index contributed by atoms with van der Waals surface area (Å²) in [5.41, 5.74) is -0.340. The van der Waals surface area contributed by atoms with Gasteiger partial charge in [0.15, 0.2) is 10.9 Å². The number of Topliss-reactive ketones (excluding diaryl/α,β-unsaturated/α-hetero) is 1. The summed E-state index contributed by atoms with van der Waals surface area (Å²) in [4.78, 5) is 29.7. The maximum Gasteiger partial charge on any atom is 0.418 e. The second-order valence-corrected chi connectivity index (χ2v) is 8.38. The normalized spacial score (nSPS) is 11.6. The van der Waals surface area contributed by atoms with Gasteiger partial charge in [-0.25, -0.2) is 4.98 Å². The molecule has 174 valence electrons. The molecule has 1 heterocycles. The Morgan fingerprint density at radius 2 is 1.76 bits per heavy atom. The van der Waals surface area contributed by atoms with E-state index in [0.717, 1.165) is 22.4 Å². The van der Waals surface area contributed by atoms with Gasteiger partial charge in [0.1, 0.15) is 5.75 Å². The van der Waals surface area contributed by atoms with Crippen LogP contribution in [0.1, 0.15) is 28.4 Å². The Labute approximate surface area is 197 Å². The molecule has 0 radical (unpaired) electrons. The van der Waals surface area contributed by atoms with Crippen molar-refractivity contribution in [3.8, 4) is 11.4 Å². The van der Waals surface area contributed by atoms with Crippen molar-refractivity contribution in [3.63, 3.8) is 0 Å². The monoisotopic (exact) mass is 484 g/mol. The number of thioether (sulfide) groups is 1. The number of nitrogens with zero attached hydrogens (tertiary/aromatic N) is 2. The smallest absolute Gasteiger partial charge is 0.418 e. The van der Waals surface area contributed by atoms with Crippen LogP contribution >= 0.6 is 11.8 Å². The zero-order valence-corrected chi connectivity index (χ0v) is 19.0. The van der Waals surface area contributed by atoms with Crippen LogP contribution in [0.15, 0.2) is 76.7 Å². The van der Waals surface area contributed by atoms with Gasteiger partial charge in [-0.05, 0) is 49.4 Å². The Balaban J connectivity index is 1.89. The first-order chi connectivity index (χ1) is 16.2. The predicted molar refractivity (Wildman–Crippen MR) is 125 cm³/mol. The van der Waals surface area contributed by atoms with Crippen molar-refractivity contribution in [1.82, 2.24) is 9.55 Å². The van der Waals surface area contributed by atoms with E-state index in [1.54, 1.807) is 36.4 Å². The molecule has 0 bridgehead atoms. The minimum atomic E-state index is -4.66. The van der Waals surface area contributed by atoms with Crippen LogP contribution in [0.5, 0.6) is 5.75 Å². The maximum atomic E-state index is 13.8. The fraction of sp³-hybridized carbons (Fsp3) is 0.160. The van der Waals surface area contributed by atoms with Crippen molar-refractivity contribution in [2.75, 3.05) is 7.11 Å². The lowest BCUT2D eigenvalue weighted by Crippen LogP contribution is -2.24. The molecular weight excluding hydrogens is 465 g/mol. The molecule has 3 aromatic carbocycles. The number of hydrogen-bond acceptors (Lipinski definition) is 5. The molecule has 0 aliphatic heterocycles. The molecule has 1 aromatic heterocycles. The number of aromatic nitrogens is 2. The Morgan fingerprint density at radius 3 is 2.47 bits per heavy atom. The maximum absolute atomic E-state index is 13.8. The van der Waals surface area contributed by atoms with Crippen LogP contribution < -0.4 is 10.3 Å². The molecule has 34 heavy (non-hydrogen) atoms. The molecule has 0 spiro atoms. The first-order valence-corrected chi connectivity index (χ1v) is 11.2. The molecule has 0 unspecified atom stereocenters. The van der Waals surface area contributed by atoms with Gasteiger partial charge >= 0.3 is 6.18 Å². The first-order valence-electron chi connectivity index (χ1n) is 10.2. The molecule has 5 nitrogen and oxygen atoms in total. The van der Waals surface area contributed by atoms with Gasteiger partial charge < -0.3 is 4.74 Å². The lowest BCUT2D eigenvalue weighted by atomic mass is 10.1.